The van der Waals surface area contributed by atoms with Crippen LogP contribution < -0.4 is 10.6 Å². The van der Waals surface area contributed by atoms with Gasteiger partial charge in [0, 0.05) is 19.0 Å². The van der Waals surface area contributed by atoms with Gasteiger partial charge in [-0.3, -0.25) is 9.79 Å². The number of carbonyl (C=O) groups excluding carboxylic acids is 1. The summed E-state index contributed by atoms with van der Waals surface area (Å²) in [5.41, 5.74) is 1.30. The topological polar surface area (TPSA) is 53.5 Å². The minimum Gasteiger partial charge on any atom is -0.364 e. The van der Waals surface area contributed by atoms with Crippen LogP contribution in [0.4, 0.5) is 0 Å². The molecule has 0 spiro atoms. The van der Waals surface area contributed by atoms with Gasteiger partial charge in [-0.05, 0) is 18.9 Å². The van der Waals surface area contributed by atoms with E-state index in [1.807, 2.05) is 13.0 Å². The first-order chi connectivity index (χ1) is 10.2. The van der Waals surface area contributed by atoms with Crippen LogP contribution in [0.25, 0.3) is 0 Å². The number of nitrogens with one attached hydrogen (secondary N) is 2. The highest BCUT2D eigenvalue weighted by Gasteiger charge is 2.20. The van der Waals surface area contributed by atoms with Gasteiger partial charge in [-0.25, -0.2) is 0 Å². The Morgan fingerprint density at radius 1 is 1.43 bits per heavy atom. The molecule has 0 aliphatic carbocycles. The lowest BCUT2D eigenvalue weighted by molar-refractivity contribution is -0.121. The number of carbonyl (C=O) groups is 1. The number of benzene rings is 1. The molecule has 114 valence electrons. The Morgan fingerprint density at radius 2 is 2.19 bits per heavy atom. The molecular weight excluding hydrogens is 282 g/mol. The molecule has 4 nitrogen and oxygen atoms in total. The summed E-state index contributed by atoms with van der Waals surface area (Å²) >= 11 is 1.74. The molecule has 1 aliphatic heterocycles. The van der Waals surface area contributed by atoms with E-state index in [9.17, 15) is 4.79 Å². The molecule has 1 aromatic carbocycles. The number of thioether (sulfide) groups is 1. The first-order valence-electron chi connectivity index (χ1n) is 7.48. The van der Waals surface area contributed by atoms with Crippen molar-refractivity contribution in [1.29, 1.82) is 0 Å². The molecule has 0 saturated heterocycles. The van der Waals surface area contributed by atoms with E-state index in [4.69, 9.17) is 0 Å². The summed E-state index contributed by atoms with van der Waals surface area (Å²) in [4.78, 5) is 16.2. The van der Waals surface area contributed by atoms with Gasteiger partial charge < -0.3 is 10.6 Å². The molecule has 2 N–H and O–H groups in total. The van der Waals surface area contributed by atoms with Crippen LogP contribution in [0.5, 0.6) is 0 Å². The van der Waals surface area contributed by atoms with E-state index in [1.165, 1.54) is 5.56 Å². The number of rotatable bonds is 6. The van der Waals surface area contributed by atoms with E-state index in [1.54, 1.807) is 11.8 Å². The lowest BCUT2D eigenvalue weighted by atomic mass is 10.1. The monoisotopic (exact) mass is 305 g/mol. The summed E-state index contributed by atoms with van der Waals surface area (Å²) in [6.45, 7) is 5.52. The number of hydrogen-bond acceptors (Lipinski definition) is 4. The number of aliphatic imine (C=N–C) groups is 1. The van der Waals surface area contributed by atoms with Gasteiger partial charge in [-0.2, -0.15) is 0 Å². The standard InChI is InChI=1S/C16H23N3OS/c1-3-12(2)19-15(20)9-10-17-16-18-11-14(21-16)13-7-5-4-6-8-13/h4-8,12,14H,3,9-11H2,1-2H3,(H,17,18)(H,19,20). The molecule has 0 saturated carbocycles. The van der Waals surface area contributed by atoms with Crippen molar-refractivity contribution in [2.45, 2.75) is 38.0 Å². The highest BCUT2D eigenvalue weighted by Crippen LogP contribution is 2.33. The fourth-order valence-corrected chi connectivity index (χ4v) is 3.09. The average Bonchev–Trinajstić information content (AvgIpc) is 2.97. The van der Waals surface area contributed by atoms with Gasteiger partial charge in [0.05, 0.1) is 11.8 Å². The van der Waals surface area contributed by atoms with E-state index in [0.717, 1.165) is 18.1 Å². The Morgan fingerprint density at radius 3 is 2.90 bits per heavy atom. The largest absolute Gasteiger partial charge is 0.364 e. The Balaban J connectivity index is 1.68. The SMILES string of the molecule is CCC(C)NC(=O)CCNC1=NCC(c2ccccc2)S1. The summed E-state index contributed by atoms with van der Waals surface area (Å²) < 4.78 is 0. The third-order valence-corrected chi connectivity index (χ3v) is 4.68. The smallest absolute Gasteiger partial charge is 0.221 e. The summed E-state index contributed by atoms with van der Waals surface area (Å²) in [5.74, 6) is 0.0973. The second kappa shape index (κ2) is 8.08. The van der Waals surface area contributed by atoms with Gasteiger partial charge in [-0.15, -0.1) is 0 Å². The second-order valence-corrected chi connectivity index (χ2v) is 6.41. The van der Waals surface area contributed by atoms with Crippen LogP contribution in [-0.2, 0) is 4.79 Å². The number of amidine groups is 1. The first-order valence-corrected chi connectivity index (χ1v) is 8.36. The third-order valence-electron chi connectivity index (χ3n) is 3.47. The molecule has 1 amide bonds. The van der Waals surface area contributed by atoms with Crippen molar-refractivity contribution in [2.75, 3.05) is 13.1 Å². The lowest BCUT2D eigenvalue weighted by Crippen LogP contribution is -2.34. The van der Waals surface area contributed by atoms with Crippen LogP contribution in [0.1, 0.15) is 37.5 Å². The fourth-order valence-electron chi connectivity index (χ4n) is 2.05. The zero-order chi connectivity index (χ0) is 15.1. The molecule has 1 aliphatic rings. The number of nitrogens with zero attached hydrogens (tertiary/aromatic N) is 1. The maximum absolute atomic E-state index is 11.7. The van der Waals surface area contributed by atoms with Gasteiger partial charge in [0.25, 0.3) is 0 Å². The van der Waals surface area contributed by atoms with Gasteiger partial charge in [0.15, 0.2) is 5.17 Å². The Labute approximate surface area is 130 Å². The molecule has 2 unspecified atom stereocenters. The first kappa shape index (κ1) is 15.9. The predicted octanol–water partition coefficient (Wildman–Crippen LogP) is 2.72. The molecular formula is C16H23N3OS. The minimum atomic E-state index is 0.0973. The van der Waals surface area contributed by atoms with Crippen LogP contribution in [0.3, 0.4) is 0 Å². The van der Waals surface area contributed by atoms with E-state index < -0.39 is 0 Å². The van der Waals surface area contributed by atoms with Gasteiger partial charge >= 0.3 is 0 Å². The quantitative estimate of drug-likeness (QED) is 0.849. The van der Waals surface area contributed by atoms with Gasteiger partial charge in [0.2, 0.25) is 5.91 Å². The fraction of sp³-hybridized carbons (Fsp3) is 0.500. The molecule has 2 rings (SSSR count). The van der Waals surface area contributed by atoms with Crippen LogP contribution >= 0.6 is 11.8 Å². The molecule has 1 heterocycles. The Hall–Kier alpha value is -1.49. The average molecular weight is 305 g/mol. The normalized spacial score (nSPS) is 19.0. The molecule has 0 radical (unpaired) electrons. The van der Waals surface area contributed by atoms with Gasteiger partial charge in [0.1, 0.15) is 0 Å². The van der Waals surface area contributed by atoms with E-state index in [-0.39, 0.29) is 11.9 Å². The van der Waals surface area contributed by atoms with E-state index in [0.29, 0.717) is 18.2 Å². The second-order valence-electron chi connectivity index (χ2n) is 5.22. The minimum absolute atomic E-state index is 0.0973. The highest BCUT2D eigenvalue weighted by atomic mass is 32.2. The summed E-state index contributed by atoms with van der Waals surface area (Å²) in [7, 11) is 0. The van der Waals surface area contributed by atoms with Crippen molar-refractivity contribution in [3.05, 3.63) is 35.9 Å². The summed E-state index contributed by atoms with van der Waals surface area (Å²) in [5, 5.41) is 7.56. The van der Waals surface area contributed by atoms with Crippen molar-refractivity contribution >= 4 is 22.8 Å². The number of amides is 1. The lowest BCUT2D eigenvalue weighted by Gasteiger charge is -2.12. The van der Waals surface area contributed by atoms with Crippen LogP contribution in [-0.4, -0.2) is 30.2 Å². The van der Waals surface area contributed by atoms with Crippen molar-refractivity contribution in [2.24, 2.45) is 4.99 Å². The molecule has 0 aromatic heterocycles. The molecule has 5 heteroatoms. The molecule has 21 heavy (non-hydrogen) atoms. The van der Waals surface area contributed by atoms with Crippen molar-refractivity contribution < 1.29 is 4.79 Å². The maximum Gasteiger partial charge on any atom is 0.221 e. The molecule has 0 bridgehead atoms. The Bertz CT molecular complexity index is 490. The van der Waals surface area contributed by atoms with E-state index in [2.05, 4.69) is 46.8 Å². The van der Waals surface area contributed by atoms with E-state index >= 15 is 0 Å². The van der Waals surface area contributed by atoms with Crippen LogP contribution in [0.15, 0.2) is 35.3 Å². The summed E-state index contributed by atoms with van der Waals surface area (Å²) in [6, 6.07) is 10.7. The number of hydrogen-bond donors (Lipinski definition) is 2. The highest BCUT2D eigenvalue weighted by molar-refractivity contribution is 8.14. The van der Waals surface area contributed by atoms with Crippen LogP contribution in [0.2, 0.25) is 0 Å². The van der Waals surface area contributed by atoms with Gasteiger partial charge in [-0.1, -0.05) is 49.0 Å². The Kier molecular flexibility index (Phi) is 6.11. The molecule has 0 fully saturated rings. The molecule has 1 aromatic rings. The van der Waals surface area contributed by atoms with Crippen molar-refractivity contribution in [3.8, 4) is 0 Å². The zero-order valence-electron chi connectivity index (χ0n) is 12.6. The maximum atomic E-state index is 11.7. The predicted molar refractivity (Wildman–Crippen MR) is 89.6 cm³/mol. The van der Waals surface area contributed by atoms with Crippen LogP contribution in [0, 0.1) is 0 Å². The zero-order valence-corrected chi connectivity index (χ0v) is 13.5. The van der Waals surface area contributed by atoms with Crippen molar-refractivity contribution in [3.63, 3.8) is 0 Å². The summed E-state index contributed by atoms with van der Waals surface area (Å²) in [6.07, 6.45) is 1.44. The molecule has 2 atom stereocenters. The van der Waals surface area contributed by atoms with Crippen molar-refractivity contribution in [1.82, 2.24) is 10.6 Å². The third kappa shape index (κ3) is 5.08.